The lowest BCUT2D eigenvalue weighted by Gasteiger charge is -2.46. The van der Waals surface area contributed by atoms with E-state index in [-0.39, 0.29) is 23.4 Å². The molecule has 28 heavy (non-hydrogen) atoms. The zero-order valence-corrected chi connectivity index (χ0v) is 16.7. The number of benzene rings is 1. The number of amides is 1. The van der Waals surface area contributed by atoms with Gasteiger partial charge in [0.25, 0.3) is 0 Å². The van der Waals surface area contributed by atoms with Crippen molar-refractivity contribution in [1.29, 1.82) is 5.26 Å². The van der Waals surface area contributed by atoms with Gasteiger partial charge in [-0.25, -0.2) is 9.18 Å². The van der Waals surface area contributed by atoms with Gasteiger partial charge in [-0.1, -0.05) is 0 Å². The molecule has 7 nitrogen and oxygen atoms in total. The van der Waals surface area contributed by atoms with Crippen molar-refractivity contribution >= 4 is 6.09 Å². The fourth-order valence-electron chi connectivity index (χ4n) is 3.56. The zero-order valence-electron chi connectivity index (χ0n) is 16.7. The summed E-state index contributed by atoms with van der Waals surface area (Å²) in [6, 6.07) is 5.09. The van der Waals surface area contributed by atoms with Gasteiger partial charge in [0.1, 0.15) is 23.0 Å². The number of hydrogen-bond acceptors (Lipinski definition) is 6. The van der Waals surface area contributed by atoms with Crippen molar-refractivity contribution in [2.24, 2.45) is 0 Å². The number of carbonyl (C=O) groups excluding carboxylic acids is 1. The van der Waals surface area contributed by atoms with Crippen LogP contribution in [0.2, 0.25) is 0 Å². The van der Waals surface area contributed by atoms with Gasteiger partial charge in [-0.3, -0.25) is 4.90 Å². The lowest BCUT2D eigenvalue weighted by molar-refractivity contribution is -0.0915. The Morgan fingerprint density at radius 3 is 2.71 bits per heavy atom. The monoisotopic (exact) mass is 391 g/mol. The Morgan fingerprint density at radius 1 is 1.32 bits per heavy atom. The van der Waals surface area contributed by atoms with Crippen molar-refractivity contribution in [3.8, 4) is 11.8 Å². The van der Waals surface area contributed by atoms with E-state index >= 15 is 0 Å². The van der Waals surface area contributed by atoms with Crippen molar-refractivity contribution in [1.82, 2.24) is 9.80 Å². The molecule has 2 saturated heterocycles. The van der Waals surface area contributed by atoms with Crippen molar-refractivity contribution in [3.63, 3.8) is 0 Å². The van der Waals surface area contributed by atoms with Gasteiger partial charge in [0.05, 0.1) is 25.9 Å². The molecule has 1 aromatic carbocycles. The van der Waals surface area contributed by atoms with Crippen molar-refractivity contribution in [3.05, 3.63) is 29.1 Å². The fraction of sp³-hybridized carbons (Fsp3) is 0.600. The van der Waals surface area contributed by atoms with Crippen LogP contribution in [0.25, 0.3) is 0 Å². The average molecular weight is 391 g/mol. The van der Waals surface area contributed by atoms with Crippen LogP contribution < -0.4 is 4.74 Å². The van der Waals surface area contributed by atoms with Crippen molar-refractivity contribution < 1.29 is 23.4 Å². The molecule has 0 saturated carbocycles. The molecule has 0 unspecified atom stereocenters. The Labute approximate surface area is 164 Å². The first-order valence-electron chi connectivity index (χ1n) is 9.33. The van der Waals surface area contributed by atoms with Gasteiger partial charge in [0, 0.05) is 31.7 Å². The van der Waals surface area contributed by atoms with Gasteiger partial charge in [0.15, 0.2) is 5.82 Å². The molecule has 0 spiro atoms. The highest BCUT2D eigenvalue weighted by Gasteiger charge is 2.37. The van der Waals surface area contributed by atoms with Crippen LogP contribution in [-0.4, -0.2) is 67.4 Å². The van der Waals surface area contributed by atoms with E-state index in [2.05, 4.69) is 4.90 Å². The van der Waals surface area contributed by atoms with Crippen LogP contribution in [0, 0.1) is 17.1 Å². The number of morpholine rings is 1. The Balaban J connectivity index is 1.68. The van der Waals surface area contributed by atoms with Crippen LogP contribution in [0.3, 0.4) is 0 Å². The predicted octanol–water partition coefficient (Wildman–Crippen LogP) is 2.70. The molecule has 2 fully saturated rings. The Morgan fingerprint density at radius 2 is 2.07 bits per heavy atom. The van der Waals surface area contributed by atoms with Crippen LogP contribution in [0.5, 0.6) is 5.75 Å². The highest BCUT2D eigenvalue weighted by atomic mass is 19.1. The standard InChI is InChI=1S/C20H26FN3O4/c1-20(2,3)28-19(25)24-8-7-23-11-17(27-12-13(23)10-24)14-5-6-16(26-4)15(9-22)18(14)21/h5-6,13,17H,7-8,10-12H2,1-4H3/t13-,17+/m0/s1. The summed E-state index contributed by atoms with van der Waals surface area (Å²) in [7, 11) is 1.40. The first-order valence-corrected chi connectivity index (χ1v) is 9.33. The summed E-state index contributed by atoms with van der Waals surface area (Å²) in [6.45, 7) is 8.12. The third-order valence-electron chi connectivity index (χ3n) is 4.96. The number of nitrogens with zero attached hydrogens (tertiary/aromatic N) is 3. The second-order valence-electron chi connectivity index (χ2n) is 8.05. The first-order chi connectivity index (χ1) is 13.2. The third kappa shape index (κ3) is 4.21. The minimum atomic E-state index is -0.599. The molecular formula is C20H26FN3O4. The van der Waals surface area contributed by atoms with Gasteiger partial charge in [0.2, 0.25) is 0 Å². The molecule has 0 aromatic heterocycles. The number of rotatable bonds is 2. The number of halogens is 1. The van der Waals surface area contributed by atoms with Crippen LogP contribution in [0.4, 0.5) is 9.18 Å². The highest BCUT2D eigenvalue weighted by Crippen LogP contribution is 2.32. The van der Waals surface area contributed by atoms with E-state index < -0.39 is 17.5 Å². The van der Waals surface area contributed by atoms with Crippen molar-refractivity contribution in [2.75, 3.05) is 39.9 Å². The largest absolute Gasteiger partial charge is 0.495 e. The lowest BCUT2D eigenvalue weighted by Crippen LogP contribution is -2.60. The van der Waals surface area contributed by atoms with Crippen LogP contribution in [-0.2, 0) is 9.47 Å². The van der Waals surface area contributed by atoms with Crippen LogP contribution >= 0.6 is 0 Å². The SMILES string of the molecule is COc1ccc([C@H]2CN3CCN(C(=O)OC(C)(C)C)C[C@H]3CO2)c(F)c1C#N. The maximum Gasteiger partial charge on any atom is 0.410 e. The molecule has 2 aliphatic heterocycles. The molecule has 0 radical (unpaired) electrons. The quantitative estimate of drug-likeness (QED) is 0.772. The topological polar surface area (TPSA) is 75.0 Å². The Kier molecular flexibility index (Phi) is 5.77. The van der Waals surface area contributed by atoms with E-state index in [4.69, 9.17) is 14.2 Å². The number of ether oxygens (including phenoxy) is 3. The van der Waals surface area contributed by atoms with Crippen LogP contribution in [0.1, 0.15) is 38.0 Å². The van der Waals surface area contributed by atoms with E-state index in [1.165, 1.54) is 7.11 Å². The average Bonchev–Trinajstić information content (AvgIpc) is 2.65. The molecule has 1 amide bonds. The number of hydrogen-bond donors (Lipinski definition) is 0. The summed E-state index contributed by atoms with van der Waals surface area (Å²) in [5.74, 6) is -0.388. The summed E-state index contributed by atoms with van der Waals surface area (Å²) < 4.78 is 31.2. The number of nitriles is 1. The molecule has 0 aliphatic carbocycles. The highest BCUT2D eigenvalue weighted by molar-refractivity contribution is 5.68. The molecule has 2 atom stereocenters. The normalized spacial score (nSPS) is 22.9. The van der Waals surface area contributed by atoms with Gasteiger partial charge in [-0.05, 0) is 32.9 Å². The molecule has 3 rings (SSSR count). The Hall–Kier alpha value is -2.37. The molecule has 2 aliphatic rings. The predicted molar refractivity (Wildman–Crippen MR) is 99.5 cm³/mol. The number of methoxy groups -OCH3 is 1. The van der Waals surface area contributed by atoms with Gasteiger partial charge < -0.3 is 19.1 Å². The smallest absolute Gasteiger partial charge is 0.410 e. The second-order valence-corrected chi connectivity index (χ2v) is 8.05. The van der Waals surface area contributed by atoms with E-state index in [1.807, 2.05) is 26.8 Å². The van der Waals surface area contributed by atoms with Gasteiger partial charge in [-0.15, -0.1) is 0 Å². The van der Waals surface area contributed by atoms with Crippen LogP contribution in [0.15, 0.2) is 12.1 Å². The Bertz CT molecular complexity index is 787. The molecule has 152 valence electrons. The summed E-state index contributed by atoms with van der Waals surface area (Å²) in [4.78, 5) is 16.2. The van der Waals surface area contributed by atoms with Gasteiger partial charge in [-0.2, -0.15) is 5.26 Å². The van der Waals surface area contributed by atoms with E-state index in [0.29, 0.717) is 38.3 Å². The maximum absolute atomic E-state index is 14.8. The summed E-state index contributed by atoms with van der Waals surface area (Å²) >= 11 is 0. The minimum Gasteiger partial charge on any atom is -0.495 e. The molecule has 8 heteroatoms. The minimum absolute atomic E-state index is 0.0364. The molecular weight excluding hydrogens is 365 g/mol. The summed E-state index contributed by atoms with van der Waals surface area (Å²) in [6.07, 6.45) is -0.795. The second kappa shape index (κ2) is 7.94. The molecule has 2 heterocycles. The summed E-state index contributed by atoms with van der Waals surface area (Å²) in [5, 5.41) is 9.23. The third-order valence-corrected chi connectivity index (χ3v) is 4.96. The molecule has 0 bridgehead atoms. The van der Waals surface area contributed by atoms with E-state index in [9.17, 15) is 14.4 Å². The summed E-state index contributed by atoms with van der Waals surface area (Å²) in [5.41, 5.74) is -0.293. The number of fused-ring (bicyclic) bond motifs is 1. The van der Waals surface area contributed by atoms with Gasteiger partial charge >= 0.3 is 6.09 Å². The van der Waals surface area contributed by atoms with E-state index in [1.54, 1.807) is 17.0 Å². The van der Waals surface area contributed by atoms with Crippen molar-refractivity contribution in [2.45, 2.75) is 38.5 Å². The zero-order chi connectivity index (χ0) is 20.5. The molecule has 0 N–H and O–H groups in total. The molecule has 1 aromatic rings. The van der Waals surface area contributed by atoms with E-state index in [0.717, 1.165) is 0 Å². The number of carbonyl (C=O) groups is 1. The fourth-order valence-corrected chi connectivity index (χ4v) is 3.56. The lowest BCUT2D eigenvalue weighted by atomic mass is 10.0. The first kappa shape index (κ1) is 20.4. The maximum atomic E-state index is 14.8. The number of piperazine rings is 1.